The highest BCUT2D eigenvalue weighted by atomic mass is 32.2. The van der Waals surface area contributed by atoms with E-state index in [2.05, 4.69) is 4.98 Å². The molecule has 0 aliphatic carbocycles. The maximum Gasteiger partial charge on any atom is 0.247 e. The summed E-state index contributed by atoms with van der Waals surface area (Å²) in [5.41, 5.74) is 1.70. The molecule has 0 saturated heterocycles. The summed E-state index contributed by atoms with van der Waals surface area (Å²) in [4.78, 5) is 13.5. The van der Waals surface area contributed by atoms with E-state index in [-0.39, 0.29) is 10.5 Å². The van der Waals surface area contributed by atoms with Gasteiger partial charge in [0.1, 0.15) is 0 Å². The van der Waals surface area contributed by atoms with Crippen LogP contribution >= 0.6 is 0 Å². The molecule has 0 amide bonds. The summed E-state index contributed by atoms with van der Waals surface area (Å²) in [5, 5.41) is 0. The van der Waals surface area contributed by atoms with Gasteiger partial charge in [-0.3, -0.25) is 4.79 Å². The van der Waals surface area contributed by atoms with Crippen molar-refractivity contribution in [3.8, 4) is 0 Å². The number of sulfonamides is 1. The third-order valence-electron chi connectivity index (χ3n) is 3.19. The summed E-state index contributed by atoms with van der Waals surface area (Å²) in [5.74, 6) is 0. The van der Waals surface area contributed by atoms with Gasteiger partial charge in [0.15, 0.2) is 0 Å². The van der Waals surface area contributed by atoms with Crippen molar-refractivity contribution in [1.82, 2.24) is 9.29 Å². The van der Waals surface area contributed by atoms with Crippen LogP contribution in [0.15, 0.2) is 52.3 Å². The number of benzene rings is 1. The monoisotopic (exact) mass is 306 g/mol. The maximum absolute atomic E-state index is 12.6. The van der Waals surface area contributed by atoms with Gasteiger partial charge in [0, 0.05) is 25.4 Å². The van der Waals surface area contributed by atoms with Gasteiger partial charge in [0.25, 0.3) is 0 Å². The molecule has 0 saturated carbocycles. The Labute approximate surface area is 124 Å². The Balaban J connectivity index is 2.31. The van der Waals surface area contributed by atoms with Crippen LogP contribution in [0.2, 0.25) is 0 Å². The van der Waals surface area contributed by atoms with Gasteiger partial charge in [-0.05, 0) is 18.6 Å². The molecule has 2 rings (SSSR count). The van der Waals surface area contributed by atoms with Crippen LogP contribution in [0.4, 0.5) is 0 Å². The maximum atomic E-state index is 12.6. The van der Waals surface area contributed by atoms with E-state index in [0.717, 1.165) is 11.1 Å². The lowest BCUT2D eigenvalue weighted by Gasteiger charge is -2.20. The number of aryl methyl sites for hydroxylation is 1. The molecule has 112 valence electrons. The zero-order valence-electron chi connectivity index (χ0n) is 12.0. The molecule has 0 radical (unpaired) electrons. The van der Waals surface area contributed by atoms with Crippen molar-refractivity contribution >= 4 is 10.0 Å². The zero-order valence-corrected chi connectivity index (χ0v) is 12.9. The van der Waals surface area contributed by atoms with E-state index in [1.54, 1.807) is 6.92 Å². The van der Waals surface area contributed by atoms with Crippen molar-refractivity contribution in [2.24, 2.45) is 0 Å². The first-order valence-electron chi connectivity index (χ1n) is 6.68. The lowest BCUT2D eigenvalue weighted by atomic mass is 10.1. The predicted octanol–water partition coefficient (Wildman–Crippen LogP) is 1.89. The number of nitrogens with one attached hydrogen (secondary N) is 1. The normalized spacial score (nSPS) is 11.8. The van der Waals surface area contributed by atoms with Crippen LogP contribution in [0.5, 0.6) is 0 Å². The standard InChI is InChI=1S/C15H18N2O3S/c1-3-17(11-13-6-4-5-12(2)9-13)21(19,20)14-7-8-15(18)16-10-14/h4-10H,3,11H2,1-2H3,(H,16,18). The number of rotatable bonds is 5. The molecular formula is C15H18N2O3S. The largest absolute Gasteiger partial charge is 0.328 e. The van der Waals surface area contributed by atoms with Crippen LogP contribution in [0.1, 0.15) is 18.1 Å². The molecule has 0 aliphatic heterocycles. The smallest absolute Gasteiger partial charge is 0.247 e. The summed E-state index contributed by atoms with van der Waals surface area (Å²) >= 11 is 0. The summed E-state index contributed by atoms with van der Waals surface area (Å²) in [6.07, 6.45) is 1.23. The van der Waals surface area contributed by atoms with Gasteiger partial charge in [-0.1, -0.05) is 36.8 Å². The average molecular weight is 306 g/mol. The molecule has 0 fully saturated rings. The minimum absolute atomic E-state index is 0.0941. The first-order chi connectivity index (χ1) is 9.93. The predicted molar refractivity (Wildman–Crippen MR) is 81.5 cm³/mol. The Kier molecular flexibility index (Phi) is 4.59. The first kappa shape index (κ1) is 15.5. The van der Waals surface area contributed by atoms with Crippen LogP contribution in [0.3, 0.4) is 0 Å². The van der Waals surface area contributed by atoms with E-state index in [1.807, 2.05) is 31.2 Å². The number of H-pyrrole nitrogens is 1. The van der Waals surface area contributed by atoms with E-state index in [9.17, 15) is 13.2 Å². The fraction of sp³-hybridized carbons (Fsp3) is 0.267. The molecule has 1 aromatic heterocycles. The molecule has 0 spiro atoms. The Hall–Kier alpha value is -1.92. The number of aromatic nitrogens is 1. The molecule has 1 aromatic carbocycles. The van der Waals surface area contributed by atoms with E-state index >= 15 is 0 Å². The van der Waals surface area contributed by atoms with E-state index < -0.39 is 10.0 Å². The number of aromatic amines is 1. The molecule has 0 atom stereocenters. The van der Waals surface area contributed by atoms with Gasteiger partial charge >= 0.3 is 0 Å². The second-order valence-electron chi connectivity index (χ2n) is 4.81. The summed E-state index contributed by atoms with van der Waals surface area (Å²) in [7, 11) is -3.62. The van der Waals surface area contributed by atoms with Crippen LogP contribution in [0.25, 0.3) is 0 Å². The van der Waals surface area contributed by atoms with Crippen molar-refractivity contribution in [2.45, 2.75) is 25.3 Å². The molecule has 0 unspecified atom stereocenters. The number of nitrogens with zero attached hydrogens (tertiary/aromatic N) is 1. The van der Waals surface area contributed by atoms with Crippen LogP contribution < -0.4 is 5.56 Å². The van der Waals surface area contributed by atoms with Gasteiger partial charge in [-0.2, -0.15) is 4.31 Å². The molecule has 0 aliphatic rings. The van der Waals surface area contributed by atoms with Crippen molar-refractivity contribution in [2.75, 3.05) is 6.54 Å². The van der Waals surface area contributed by atoms with Crippen molar-refractivity contribution in [1.29, 1.82) is 0 Å². The summed E-state index contributed by atoms with van der Waals surface area (Å²) in [6.45, 7) is 4.42. The van der Waals surface area contributed by atoms with Crippen molar-refractivity contribution in [3.05, 3.63) is 64.1 Å². The molecule has 0 bridgehead atoms. The molecule has 21 heavy (non-hydrogen) atoms. The average Bonchev–Trinajstić information content (AvgIpc) is 2.45. The molecule has 6 heteroatoms. The third-order valence-corrected chi connectivity index (χ3v) is 5.10. The van der Waals surface area contributed by atoms with Gasteiger partial charge in [0.2, 0.25) is 15.6 Å². The minimum Gasteiger partial charge on any atom is -0.328 e. The summed E-state index contributed by atoms with van der Waals surface area (Å²) < 4.78 is 26.5. The molecule has 5 nitrogen and oxygen atoms in total. The lowest BCUT2D eigenvalue weighted by molar-refractivity contribution is 0.423. The highest BCUT2D eigenvalue weighted by Crippen LogP contribution is 2.17. The van der Waals surface area contributed by atoms with E-state index in [1.165, 1.54) is 22.6 Å². The third kappa shape index (κ3) is 3.59. The van der Waals surface area contributed by atoms with Gasteiger partial charge < -0.3 is 4.98 Å². The Bertz CT molecular complexity index is 761. The van der Waals surface area contributed by atoms with Crippen LogP contribution in [-0.4, -0.2) is 24.3 Å². The van der Waals surface area contributed by atoms with E-state index in [4.69, 9.17) is 0 Å². The van der Waals surface area contributed by atoms with Crippen molar-refractivity contribution in [3.63, 3.8) is 0 Å². The SMILES string of the molecule is CCN(Cc1cccc(C)c1)S(=O)(=O)c1ccc(=O)[nH]c1. The number of hydrogen-bond donors (Lipinski definition) is 1. The topological polar surface area (TPSA) is 70.2 Å². The second kappa shape index (κ2) is 6.24. The second-order valence-corrected chi connectivity index (χ2v) is 6.75. The van der Waals surface area contributed by atoms with Crippen LogP contribution in [-0.2, 0) is 16.6 Å². The van der Waals surface area contributed by atoms with E-state index in [0.29, 0.717) is 13.1 Å². The number of hydrogen-bond acceptors (Lipinski definition) is 3. The summed E-state index contributed by atoms with van der Waals surface area (Å²) in [6, 6.07) is 10.3. The quantitative estimate of drug-likeness (QED) is 0.917. The zero-order chi connectivity index (χ0) is 15.5. The van der Waals surface area contributed by atoms with Gasteiger partial charge in [-0.15, -0.1) is 0 Å². The Morgan fingerprint density at radius 1 is 1.19 bits per heavy atom. The highest BCUT2D eigenvalue weighted by Gasteiger charge is 2.23. The molecule has 1 N–H and O–H groups in total. The fourth-order valence-electron chi connectivity index (χ4n) is 2.09. The lowest BCUT2D eigenvalue weighted by Crippen LogP contribution is -2.30. The molecule has 1 heterocycles. The van der Waals surface area contributed by atoms with Gasteiger partial charge in [0.05, 0.1) is 4.90 Å². The van der Waals surface area contributed by atoms with Crippen LogP contribution in [0, 0.1) is 6.92 Å². The van der Waals surface area contributed by atoms with Crippen molar-refractivity contribution < 1.29 is 8.42 Å². The van der Waals surface area contributed by atoms with Gasteiger partial charge in [-0.25, -0.2) is 8.42 Å². The number of pyridine rings is 1. The Morgan fingerprint density at radius 2 is 1.95 bits per heavy atom. The Morgan fingerprint density at radius 3 is 2.52 bits per heavy atom. The molecular weight excluding hydrogens is 288 g/mol. The highest BCUT2D eigenvalue weighted by molar-refractivity contribution is 7.89. The molecule has 2 aromatic rings. The fourth-order valence-corrected chi connectivity index (χ4v) is 3.49. The first-order valence-corrected chi connectivity index (χ1v) is 8.12. The minimum atomic E-state index is -3.62.